The Kier molecular flexibility index (Phi) is 3.76. The summed E-state index contributed by atoms with van der Waals surface area (Å²) in [4.78, 5) is 4.56. The minimum Gasteiger partial charge on any atom is -0.337 e. The van der Waals surface area contributed by atoms with Gasteiger partial charge in [0.1, 0.15) is 5.82 Å². The Morgan fingerprint density at radius 3 is 2.95 bits per heavy atom. The molecule has 4 nitrogen and oxygen atoms in total. The number of hydrogen-bond acceptors (Lipinski definition) is 4. The van der Waals surface area contributed by atoms with Crippen LogP contribution in [0.1, 0.15) is 44.1 Å². The molecule has 0 saturated carbocycles. The van der Waals surface area contributed by atoms with Crippen molar-refractivity contribution in [3.05, 3.63) is 35.5 Å². The topological polar surface area (TPSA) is 51.0 Å². The Bertz CT molecular complexity index is 632. The normalized spacial score (nSPS) is 21.9. The number of hydrogen-bond donors (Lipinski definition) is 1. The summed E-state index contributed by atoms with van der Waals surface area (Å²) < 4.78 is 18.9. The SMILES string of the molecule is CCCC1(c2nc(-c3ccc(F)c(C)c3)no2)CCCN1. The van der Waals surface area contributed by atoms with Gasteiger partial charge in [-0.3, -0.25) is 0 Å². The molecule has 1 aromatic heterocycles. The Morgan fingerprint density at radius 1 is 1.43 bits per heavy atom. The first-order valence-electron chi connectivity index (χ1n) is 7.50. The molecule has 1 saturated heterocycles. The molecule has 1 atom stereocenters. The standard InChI is InChI=1S/C16H20FN3O/c1-3-7-16(8-4-9-18-16)15-19-14(20-21-15)12-5-6-13(17)11(2)10-12/h5-6,10,18H,3-4,7-9H2,1-2H3. The Hall–Kier alpha value is -1.75. The van der Waals surface area contributed by atoms with Crippen LogP contribution in [0.2, 0.25) is 0 Å². The molecule has 0 aliphatic carbocycles. The Labute approximate surface area is 123 Å². The summed E-state index contributed by atoms with van der Waals surface area (Å²) in [7, 11) is 0. The van der Waals surface area contributed by atoms with Gasteiger partial charge in [0.25, 0.3) is 0 Å². The number of benzene rings is 1. The van der Waals surface area contributed by atoms with Crippen LogP contribution in [0.3, 0.4) is 0 Å². The molecule has 21 heavy (non-hydrogen) atoms. The molecule has 2 heterocycles. The zero-order chi connectivity index (χ0) is 14.9. The summed E-state index contributed by atoms with van der Waals surface area (Å²) in [6.45, 7) is 4.87. The fourth-order valence-electron chi connectivity index (χ4n) is 3.05. The van der Waals surface area contributed by atoms with Gasteiger partial charge < -0.3 is 9.84 Å². The lowest BCUT2D eigenvalue weighted by Gasteiger charge is -2.24. The van der Waals surface area contributed by atoms with Gasteiger partial charge in [0.15, 0.2) is 0 Å². The second kappa shape index (κ2) is 5.56. The van der Waals surface area contributed by atoms with Gasteiger partial charge in [0.05, 0.1) is 5.54 Å². The molecular weight excluding hydrogens is 269 g/mol. The third kappa shape index (κ3) is 2.58. The van der Waals surface area contributed by atoms with Crippen LogP contribution < -0.4 is 5.32 Å². The highest BCUT2D eigenvalue weighted by Crippen LogP contribution is 2.35. The minimum absolute atomic E-state index is 0.185. The van der Waals surface area contributed by atoms with Crippen LogP contribution in [0.5, 0.6) is 0 Å². The smallest absolute Gasteiger partial charge is 0.247 e. The van der Waals surface area contributed by atoms with Gasteiger partial charge in [-0.2, -0.15) is 4.98 Å². The summed E-state index contributed by atoms with van der Waals surface area (Å²) in [5.74, 6) is 0.957. The second-order valence-electron chi connectivity index (χ2n) is 5.75. The van der Waals surface area contributed by atoms with Gasteiger partial charge in [-0.1, -0.05) is 18.5 Å². The number of nitrogens with one attached hydrogen (secondary N) is 1. The average Bonchev–Trinajstić information content (AvgIpc) is 3.12. The molecule has 112 valence electrons. The molecule has 0 radical (unpaired) electrons. The first-order valence-corrected chi connectivity index (χ1v) is 7.50. The molecule has 1 N–H and O–H groups in total. The highest BCUT2D eigenvalue weighted by Gasteiger charge is 2.39. The van der Waals surface area contributed by atoms with E-state index >= 15 is 0 Å². The number of halogens is 1. The van der Waals surface area contributed by atoms with Crippen molar-refractivity contribution >= 4 is 0 Å². The van der Waals surface area contributed by atoms with E-state index in [1.54, 1.807) is 19.1 Å². The van der Waals surface area contributed by atoms with E-state index in [2.05, 4.69) is 22.4 Å². The molecule has 3 rings (SSSR count). The Balaban J connectivity index is 1.93. The van der Waals surface area contributed by atoms with Crippen molar-refractivity contribution < 1.29 is 8.91 Å². The van der Waals surface area contributed by atoms with Gasteiger partial charge in [0, 0.05) is 5.56 Å². The zero-order valence-corrected chi connectivity index (χ0v) is 12.4. The van der Waals surface area contributed by atoms with Gasteiger partial charge in [-0.15, -0.1) is 0 Å². The predicted octanol–water partition coefficient (Wildman–Crippen LogP) is 3.56. The fraction of sp³-hybridized carbons (Fsp3) is 0.500. The largest absolute Gasteiger partial charge is 0.337 e. The van der Waals surface area contributed by atoms with Crippen molar-refractivity contribution in [1.29, 1.82) is 0 Å². The van der Waals surface area contributed by atoms with Crippen LogP contribution in [0.4, 0.5) is 4.39 Å². The molecule has 1 fully saturated rings. The van der Waals surface area contributed by atoms with Crippen LogP contribution in [0.25, 0.3) is 11.4 Å². The average molecular weight is 289 g/mol. The van der Waals surface area contributed by atoms with Crippen LogP contribution in [-0.2, 0) is 5.54 Å². The van der Waals surface area contributed by atoms with Crippen LogP contribution in [-0.4, -0.2) is 16.7 Å². The molecule has 5 heteroatoms. The van der Waals surface area contributed by atoms with E-state index in [9.17, 15) is 4.39 Å². The van der Waals surface area contributed by atoms with E-state index in [-0.39, 0.29) is 11.4 Å². The van der Waals surface area contributed by atoms with Crippen LogP contribution in [0, 0.1) is 12.7 Å². The van der Waals surface area contributed by atoms with E-state index in [4.69, 9.17) is 4.52 Å². The molecule has 2 aromatic rings. The van der Waals surface area contributed by atoms with Crippen molar-refractivity contribution in [2.24, 2.45) is 0 Å². The summed E-state index contributed by atoms with van der Waals surface area (Å²) >= 11 is 0. The van der Waals surface area contributed by atoms with Crippen molar-refractivity contribution in [2.45, 2.75) is 45.1 Å². The lowest BCUT2D eigenvalue weighted by molar-refractivity contribution is 0.241. The highest BCUT2D eigenvalue weighted by atomic mass is 19.1. The first kappa shape index (κ1) is 14.2. The third-order valence-corrected chi connectivity index (χ3v) is 4.17. The predicted molar refractivity (Wildman–Crippen MR) is 78.3 cm³/mol. The van der Waals surface area contributed by atoms with Gasteiger partial charge in [-0.05, 0) is 56.5 Å². The van der Waals surface area contributed by atoms with Crippen molar-refractivity contribution in [1.82, 2.24) is 15.5 Å². The summed E-state index contributed by atoms with van der Waals surface area (Å²) in [6.07, 6.45) is 4.18. The number of rotatable bonds is 4. The highest BCUT2D eigenvalue weighted by molar-refractivity contribution is 5.55. The zero-order valence-electron chi connectivity index (χ0n) is 12.4. The molecular formula is C16H20FN3O. The van der Waals surface area contributed by atoms with E-state index in [1.807, 2.05) is 0 Å². The van der Waals surface area contributed by atoms with Crippen LogP contribution >= 0.6 is 0 Å². The summed E-state index contributed by atoms with van der Waals surface area (Å²) in [5.41, 5.74) is 1.18. The maximum atomic E-state index is 13.4. The summed E-state index contributed by atoms with van der Waals surface area (Å²) in [6, 6.07) is 4.88. The fourth-order valence-corrected chi connectivity index (χ4v) is 3.05. The third-order valence-electron chi connectivity index (χ3n) is 4.17. The van der Waals surface area contributed by atoms with Gasteiger partial charge in [0.2, 0.25) is 11.7 Å². The van der Waals surface area contributed by atoms with Crippen molar-refractivity contribution in [3.8, 4) is 11.4 Å². The van der Waals surface area contributed by atoms with Gasteiger partial charge >= 0.3 is 0 Å². The number of aromatic nitrogens is 2. The number of nitrogens with zero attached hydrogens (tertiary/aromatic N) is 2. The molecule has 1 aliphatic rings. The lowest BCUT2D eigenvalue weighted by Crippen LogP contribution is -2.36. The quantitative estimate of drug-likeness (QED) is 0.935. The van der Waals surface area contributed by atoms with Crippen LogP contribution in [0.15, 0.2) is 22.7 Å². The van der Waals surface area contributed by atoms with E-state index < -0.39 is 0 Å². The first-order chi connectivity index (χ1) is 10.1. The van der Waals surface area contributed by atoms with E-state index in [0.29, 0.717) is 17.3 Å². The number of aryl methyl sites for hydroxylation is 1. The molecule has 1 aromatic carbocycles. The maximum Gasteiger partial charge on any atom is 0.247 e. The summed E-state index contributed by atoms with van der Waals surface area (Å²) in [5, 5.41) is 7.60. The van der Waals surface area contributed by atoms with E-state index in [0.717, 1.165) is 37.8 Å². The molecule has 0 amide bonds. The minimum atomic E-state index is -0.220. The second-order valence-corrected chi connectivity index (χ2v) is 5.75. The van der Waals surface area contributed by atoms with E-state index in [1.165, 1.54) is 6.07 Å². The maximum absolute atomic E-state index is 13.4. The molecule has 1 unspecified atom stereocenters. The molecule has 0 spiro atoms. The van der Waals surface area contributed by atoms with Crippen molar-refractivity contribution in [2.75, 3.05) is 6.54 Å². The molecule has 1 aliphatic heterocycles. The lowest BCUT2D eigenvalue weighted by atomic mass is 9.92. The molecule has 0 bridgehead atoms. The monoisotopic (exact) mass is 289 g/mol. The van der Waals surface area contributed by atoms with Crippen molar-refractivity contribution in [3.63, 3.8) is 0 Å². The Morgan fingerprint density at radius 2 is 2.29 bits per heavy atom. The van der Waals surface area contributed by atoms with Gasteiger partial charge in [-0.25, -0.2) is 4.39 Å².